The molecule has 3 rings (SSSR count). The summed E-state index contributed by atoms with van der Waals surface area (Å²) in [6.07, 6.45) is 0. The van der Waals surface area contributed by atoms with E-state index in [0.29, 0.717) is 30.6 Å². The molecule has 0 bridgehead atoms. The summed E-state index contributed by atoms with van der Waals surface area (Å²) < 4.78 is 0. The monoisotopic (exact) mass is 305 g/mol. The van der Waals surface area contributed by atoms with Crippen molar-refractivity contribution in [3.05, 3.63) is 38.5 Å². The summed E-state index contributed by atoms with van der Waals surface area (Å²) in [5.74, 6) is 0.512. The lowest BCUT2D eigenvalue weighted by atomic mass is 10.3. The minimum Gasteiger partial charge on any atom is -0.310 e. The molecular formula is C13H15N5O2S. The number of anilines is 1. The number of amides is 1. The van der Waals surface area contributed by atoms with Gasteiger partial charge in [0.05, 0.1) is 17.0 Å². The summed E-state index contributed by atoms with van der Waals surface area (Å²) in [5, 5.41) is 5.18. The van der Waals surface area contributed by atoms with Gasteiger partial charge < -0.3 is 10.3 Å². The number of thiazole rings is 1. The van der Waals surface area contributed by atoms with E-state index < -0.39 is 0 Å². The van der Waals surface area contributed by atoms with Crippen molar-refractivity contribution in [2.75, 3.05) is 5.32 Å². The molecule has 0 radical (unpaired) electrons. The number of aromatic nitrogens is 3. The molecule has 0 aliphatic carbocycles. The Morgan fingerprint density at radius 3 is 3.05 bits per heavy atom. The lowest BCUT2D eigenvalue weighted by molar-refractivity contribution is -0.114. The average molecular weight is 305 g/mol. The van der Waals surface area contributed by atoms with E-state index in [2.05, 4.69) is 25.2 Å². The van der Waals surface area contributed by atoms with Crippen LogP contribution in [0.25, 0.3) is 0 Å². The highest BCUT2D eigenvalue weighted by molar-refractivity contribution is 7.13. The SMILES string of the molecule is CC(=O)Nc1nc(CN2Cc3nc(C)[nH]c(=O)c3C2)cs1. The number of rotatable bonds is 3. The standard InChI is InChI=1S/C13H15N5O2S/c1-7-14-11-5-18(4-10(11)12(20)15-7)3-9-6-21-13(17-9)16-8(2)19/h6H,3-5H2,1-2H3,(H,14,15,20)(H,16,17,19). The van der Waals surface area contributed by atoms with Gasteiger partial charge in [0.1, 0.15) is 5.82 Å². The highest BCUT2D eigenvalue weighted by Gasteiger charge is 2.24. The third kappa shape index (κ3) is 3.01. The Morgan fingerprint density at radius 2 is 2.29 bits per heavy atom. The third-order valence-corrected chi connectivity index (χ3v) is 4.00. The van der Waals surface area contributed by atoms with Crippen molar-refractivity contribution in [1.82, 2.24) is 19.9 Å². The second-order valence-electron chi connectivity index (χ2n) is 5.05. The molecular weight excluding hydrogens is 290 g/mol. The predicted molar refractivity (Wildman–Crippen MR) is 79.0 cm³/mol. The third-order valence-electron chi connectivity index (χ3n) is 3.19. The van der Waals surface area contributed by atoms with Crippen molar-refractivity contribution < 1.29 is 4.79 Å². The van der Waals surface area contributed by atoms with Gasteiger partial charge in [0.15, 0.2) is 5.13 Å². The Balaban J connectivity index is 1.71. The average Bonchev–Trinajstić information content (AvgIpc) is 2.96. The maximum absolute atomic E-state index is 11.9. The minimum absolute atomic E-state index is 0.0581. The highest BCUT2D eigenvalue weighted by Crippen LogP contribution is 2.22. The van der Waals surface area contributed by atoms with Crippen molar-refractivity contribution in [2.24, 2.45) is 0 Å². The molecule has 7 nitrogen and oxygen atoms in total. The molecule has 0 atom stereocenters. The Labute approximate surface area is 125 Å². The van der Waals surface area contributed by atoms with E-state index >= 15 is 0 Å². The molecule has 1 aliphatic rings. The normalized spacial score (nSPS) is 14.2. The lowest BCUT2D eigenvalue weighted by Gasteiger charge is -2.11. The van der Waals surface area contributed by atoms with E-state index in [1.807, 2.05) is 5.38 Å². The summed E-state index contributed by atoms with van der Waals surface area (Å²) in [7, 11) is 0. The zero-order valence-electron chi connectivity index (χ0n) is 11.8. The zero-order valence-corrected chi connectivity index (χ0v) is 12.6. The number of hydrogen-bond acceptors (Lipinski definition) is 6. The van der Waals surface area contributed by atoms with Crippen LogP contribution in [0.4, 0.5) is 5.13 Å². The van der Waals surface area contributed by atoms with Gasteiger partial charge in [-0.1, -0.05) is 0 Å². The van der Waals surface area contributed by atoms with Crippen molar-refractivity contribution in [3.63, 3.8) is 0 Å². The molecule has 1 aliphatic heterocycles. The van der Waals surface area contributed by atoms with Crippen LogP contribution < -0.4 is 10.9 Å². The summed E-state index contributed by atoms with van der Waals surface area (Å²) >= 11 is 1.40. The van der Waals surface area contributed by atoms with E-state index in [0.717, 1.165) is 17.0 Å². The number of aryl methyl sites for hydroxylation is 1. The summed E-state index contributed by atoms with van der Waals surface area (Å²) in [6.45, 7) is 5.09. The van der Waals surface area contributed by atoms with Gasteiger partial charge in [0, 0.05) is 31.9 Å². The number of carbonyl (C=O) groups is 1. The number of fused-ring (bicyclic) bond motifs is 1. The smallest absolute Gasteiger partial charge is 0.255 e. The molecule has 0 spiro atoms. The van der Waals surface area contributed by atoms with E-state index in [9.17, 15) is 9.59 Å². The molecule has 0 aromatic carbocycles. The Kier molecular flexibility index (Phi) is 3.56. The van der Waals surface area contributed by atoms with Crippen LogP contribution in [0, 0.1) is 6.92 Å². The van der Waals surface area contributed by atoms with E-state index in [-0.39, 0.29) is 11.5 Å². The van der Waals surface area contributed by atoms with Crippen LogP contribution in [-0.4, -0.2) is 25.8 Å². The molecule has 21 heavy (non-hydrogen) atoms. The highest BCUT2D eigenvalue weighted by atomic mass is 32.1. The number of hydrogen-bond donors (Lipinski definition) is 2. The quantitative estimate of drug-likeness (QED) is 0.883. The molecule has 0 saturated carbocycles. The van der Waals surface area contributed by atoms with Gasteiger partial charge >= 0.3 is 0 Å². The number of carbonyl (C=O) groups excluding carboxylic acids is 1. The molecule has 0 fully saturated rings. The number of aromatic amines is 1. The van der Waals surface area contributed by atoms with Crippen LogP contribution in [0.1, 0.15) is 29.7 Å². The van der Waals surface area contributed by atoms with Gasteiger partial charge in [-0.3, -0.25) is 14.5 Å². The topological polar surface area (TPSA) is 91.0 Å². The van der Waals surface area contributed by atoms with Crippen LogP contribution in [0.15, 0.2) is 10.2 Å². The fraction of sp³-hybridized carbons (Fsp3) is 0.385. The van der Waals surface area contributed by atoms with E-state index in [4.69, 9.17) is 0 Å². The maximum Gasteiger partial charge on any atom is 0.255 e. The van der Waals surface area contributed by atoms with Gasteiger partial charge in [-0.25, -0.2) is 9.97 Å². The summed E-state index contributed by atoms with van der Waals surface area (Å²) in [6, 6.07) is 0. The van der Waals surface area contributed by atoms with Gasteiger partial charge in [-0.05, 0) is 6.92 Å². The molecule has 1 amide bonds. The molecule has 0 unspecified atom stereocenters. The Hall–Kier alpha value is -2.06. The molecule has 0 saturated heterocycles. The predicted octanol–water partition coefficient (Wildman–Crippen LogP) is 1.01. The van der Waals surface area contributed by atoms with E-state index in [1.165, 1.54) is 18.3 Å². The lowest BCUT2D eigenvalue weighted by Crippen LogP contribution is -2.18. The molecule has 110 valence electrons. The first kappa shape index (κ1) is 13.9. The first-order valence-corrected chi connectivity index (χ1v) is 7.42. The number of nitrogens with one attached hydrogen (secondary N) is 2. The van der Waals surface area contributed by atoms with Crippen LogP contribution in [0.3, 0.4) is 0 Å². The number of nitrogens with zero attached hydrogens (tertiary/aromatic N) is 3. The first-order chi connectivity index (χ1) is 10.0. The van der Waals surface area contributed by atoms with Crippen molar-refractivity contribution >= 4 is 22.4 Å². The van der Waals surface area contributed by atoms with Crippen LogP contribution >= 0.6 is 11.3 Å². The molecule has 2 aromatic heterocycles. The Morgan fingerprint density at radius 1 is 1.48 bits per heavy atom. The van der Waals surface area contributed by atoms with Gasteiger partial charge in [0.2, 0.25) is 5.91 Å². The summed E-state index contributed by atoms with van der Waals surface area (Å²) in [5.41, 5.74) is 2.40. The van der Waals surface area contributed by atoms with Crippen LogP contribution in [0.5, 0.6) is 0 Å². The number of H-pyrrole nitrogens is 1. The molecule has 2 N–H and O–H groups in total. The second-order valence-corrected chi connectivity index (χ2v) is 5.91. The second kappa shape index (κ2) is 5.38. The fourth-order valence-electron chi connectivity index (χ4n) is 2.38. The minimum atomic E-state index is -0.129. The zero-order chi connectivity index (χ0) is 15.0. The van der Waals surface area contributed by atoms with Gasteiger partial charge in [0.25, 0.3) is 5.56 Å². The fourth-order valence-corrected chi connectivity index (χ4v) is 3.13. The molecule has 2 aromatic rings. The maximum atomic E-state index is 11.9. The molecule has 3 heterocycles. The first-order valence-electron chi connectivity index (χ1n) is 6.54. The van der Waals surface area contributed by atoms with E-state index in [1.54, 1.807) is 6.92 Å². The summed E-state index contributed by atoms with van der Waals surface area (Å²) in [4.78, 5) is 36.4. The van der Waals surface area contributed by atoms with Gasteiger partial charge in [-0.2, -0.15) is 0 Å². The van der Waals surface area contributed by atoms with Crippen LogP contribution in [0.2, 0.25) is 0 Å². The largest absolute Gasteiger partial charge is 0.310 e. The van der Waals surface area contributed by atoms with Gasteiger partial charge in [-0.15, -0.1) is 11.3 Å². The van der Waals surface area contributed by atoms with Crippen molar-refractivity contribution in [2.45, 2.75) is 33.5 Å². The molecule has 8 heteroatoms. The van der Waals surface area contributed by atoms with Crippen LogP contribution in [-0.2, 0) is 24.4 Å². The van der Waals surface area contributed by atoms with Crippen molar-refractivity contribution in [3.8, 4) is 0 Å². The van der Waals surface area contributed by atoms with Crippen molar-refractivity contribution in [1.29, 1.82) is 0 Å². The Bertz CT molecular complexity index is 751.